The van der Waals surface area contributed by atoms with Crippen molar-refractivity contribution in [2.24, 2.45) is 0 Å². The molecule has 1 heterocycles. The monoisotopic (exact) mass is 266 g/mol. The van der Waals surface area contributed by atoms with Gasteiger partial charge >= 0.3 is 5.97 Å². The number of ether oxygens (including phenoxy) is 1. The highest BCUT2D eigenvalue weighted by molar-refractivity contribution is 7.11. The van der Waals surface area contributed by atoms with Gasteiger partial charge in [-0.1, -0.05) is 37.8 Å². The van der Waals surface area contributed by atoms with Crippen LogP contribution < -0.4 is 0 Å². The minimum Gasteiger partial charge on any atom is -0.462 e. The Balaban J connectivity index is 1.90. The van der Waals surface area contributed by atoms with Crippen LogP contribution in [-0.4, -0.2) is 12.6 Å². The molecule has 0 unspecified atom stereocenters. The molecule has 0 aliphatic carbocycles. The number of thiophene rings is 1. The molecule has 2 nitrogen and oxygen atoms in total. The molecule has 0 aliphatic heterocycles. The highest BCUT2D eigenvalue weighted by atomic mass is 32.1. The summed E-state index contributed by atoms with van der Waals surface area (Å²) in [6.07, 6.45) is 10.2. The zero-order chi connectivity index (χ0) is 13.1. The van der Waals surface area contributed by atoms with Crippen molar-refractivity contribution >= 4 is 17.3 Å². The molecule has 0 amide bonds. The molecule has 1 aromatic heterocycles. The van der Waals surface area contributed by atoms with E-state index in [4.69, 9.17) is 4.74 Å². The Kier molecular flexibility index (Phi) is 8.23. The average Bonchev–Trinajstić information content (AvgIpc) is 2.90. The van der Waals surface area contributed by atoms with E-state index in [2.05, 4.69) is 6.58 Å². The number of hydrogen-bond acceptors (Lipinski definition) is 3. The number of rotatable bonds is 10. The molecule has 3 heteroatoms. The van der Waals surface area contributed by atoms with E-state index in [9.17, 15) is 4.79 Å². The van der Waals surface area contributed by atoms with Crippen LogP contribution in [0.25, 0.3) is 0 Å². The molecule has 1 rings (SSSR count). The van der Waals surface area contributed by atoms with E-state index < -0.39 is 0 Å². The normalized spacial score (nSPS) is 10.2. The van der Waals surface area contributed by atoms with Gasteiger partial charge in [-0.2, -0.15) is 0 Å². The summed E-state index contributed by atoms with van der Waals surface area (Å²) in [5, 5.41) is 1.89. The van der Waals surface area contributed by atoms with Gasteiger partial charge in [0.25, 0.3) is 0 Å². The molecule has 0 bridgehead atoms. The third-order valence-corrected chi connectivity index (χ3v) is 3.61. The van der Waals surface area contributed by atoms with Crippen LogP contribution >= 0.6 is 11.3 Å². The molecule has 0 N–H and O–H groups in total. The third kappa shape index (κ3) is 6.60. The zero-order valence-electron chi connectivity index (χ0n) is 10.9. The zero-order valence-corrected chi connectivity index (χ0v) is 11.7. The number of esters is 1. The lowest BCUT2D eigenvalue weighted by atomic mass is 10.1. The minimum atomic E-state index is -0.184. The number of unbranched alkanes of at least 4 members (excludes halogenated alkanes) is 6. The van der Waals surface area contributed by atoms with Gasteiger partial charge in [-0.05, 0) is 30.7 Å². The Hall–Kier alpha value is -1.09. The van der Waals surface area contributed by atoms with Gasteiger partial charge in [0.05, 0.1) is 6.61 Å². The molecule has 0 aliphatic rings. The van der Waals surface area contributed by atoms with Crippen LogP contribution in [0.3, 0.4) is 0 Å². The topological polar surface area (TPSA) is 26.3 Å². The molecule has 0 fully saturated rings. The van der Waals surface area contributed by atoms with Crippen molar-refractivity contribution in [1.82, 2.24) is 0 Å². The molecule has 0 saturated heterocycles. The van der Waals surface area contributed by atoms with Crippen molar-refractivity contribution in [3.05, 3.63) is 35.0 Å². The quantitative estimate of drug-likeness (QED) is 0.345. The smallest absolute Gasteiger partial charge is 0.348 e. The first-order chi connectivity index (χ1) is 8.84. The van der Waals surface area contributed by atoms with E-state index in [0.29, 0.717) is 11.5 Å². The molecular formula is C15H22O2S. The lowest BCUT2D eigenvalue weighted by molar-refractivity contribution is 0.0503. The van der Waals surface area contributed by atoms with Gasteiger partial charge < -0.3 is 4.74 Å². The van der Waals surface area contributed by atoms with Crippen molar-refractivity contribution in [2.45, 2.75) is 44.9 Å². The van der Waals surface area contributed by atoms with Gasteiger partial charge in [-0.3, -0.25) is 0 Å². The van der Waals surface area contributed by atoms with Crippen molar-refractivity contribution in [3.8, 4) is 0 Å². The molecule has 1 aromatic rings. The number of hydrogen-bond donors (Lipinski definition) is 0. The standard InChI is InChI=1S/C15H22O2S/c1-2-3-4-5-6-7-8-9-12-17-15(16)14-11-10-13-18-14/h2,10-11,13H,1,3-9,12H2. The maximum absolute atomic E-state index is 11.5. The molecule has 100 valence electrons. The first kappa shape index (κ1) is 15.0. The Bertz CT molecular complexity index is 330. The molecular weight excluding hydrogens is 244 g/mol. The summed E-state index contributed by atoms with van der Waals surface area (Å²) < 4.78 is 5.19. The summed E-state index contributed by atoms with van der Waals surface area (Å²) >= 11 is 1.43. The summed E-state index contributed by atoms with van der Waals surface area (Å²) in [6.45, 7) is 4.25. The Labute approximate surface area is 114 Å². The average molecular weight is 266 g/mol. The van der Waals surface area contributed by atoms with E-state index >= 15 is 0 Å². The largest absolute Gasteiger partial charge is 0.462 e. The van der Waals surface area contributed by atoms with E-state index in [1.54, 1.807) is 6.07 Å². The van der Waals surface area contributed by atoms with Crippen LogP contribution in [0.15, 0.2) is 30.2 Å². The Morgan fingerprint density at radius 2 is 1.94 bits per heavy atom. The van der Waals surface area contributed by atoms with Gasteiger partial charge in [0.15, 0.2) is 0 Å². The molecule has 0 atom stereocenters. The Morgan fingerprint density at radius 1 is 1.22 bits per heavy atom. The molecule has 0 radical (unpaired) electrons. The van der Waals surface area contributed by atoms with E-state index in [1.807, 2.05) is 17.5 Å². The van der Waals surface area contributed by atoms with Gasteiger partial charge in [0, 0.05) is 0 Å². The van der Waals surface area contributed by atoms with Crippen LogP contribution in [0.2, 0.25) is 0 Å². The fraction of sp³-hybridized carbons (Fsp3) is 0.533. The van der Waals surface area contributed by atoms with Crippen molar-refractivity contribution < 1.29 is 9.53 Å². The highest BCUT2D eigenvalue weighted by Crippen LogP contribution is 2.11. The second-order valence-electron chi connectivity index (χ2n) is 4.31. The van der Waals surface area contributed by atoms with Crippen LogP contribution in [0.1, 0.15) is 54.6 Å². The Morgan fingerprint density at radius 3 is 2.61 bits per heavy atom. The van der Waals surface area contributed by atoms with Crippen molar-refractivity contribution in [3.63, 3.8) is 0 Å². The van der Waals surface area contributed by atoms with Gasteiger partial charge in [-0.25, -0.2) is 4.79 Å². The summed E-state index contributed by atoms with van der Waals surface area (Å²) in [7, 11) is 0. The minimum absolute atomic E-state index is 0.184. The number of carbonyl (C=O) groups is 1. The fourth-order valence-corrected chi connectivity index (χ4v) is 2.34. The maximum Gasteiger partial charge on any atom is 0.348 e. The second kappa shape index (κ2) is 9.89. The van der Waals surface area contributed by atoms with Crippen LogP contribution in [0.5, 0.6) is 0 Å². The van der Waals surface area contributed by atoms with Crippen LogP contribution in [-0.2, 0) is 4.74 Å². The van der Waals surface area contributed by atoms with Crippen molar-refractivity contribution in [2.75, 3.05) is 6.61 Å². The SMILES string of the molecule is C=CCCCCCCCCOC(=O)c1cccs1. The fourth-order valence-electron chi connectivity index (χ4n) is 1.73. The predicted molar refractivity (Wildman–Crippen MR) is 77.1 cm³/mol. The summed E-state index contributed by atoms with van der Waals surface area (Å²) in [5.41, 5.74) is 0. The summed E-state index contributed by atoms with van der Waals surface area (Å²) in [4.78, 5) is 12.2. The molecule has 18 heavy (non-hydrogen) atoms. The third-order valence-electron chi connectivity index (χ3n) is 2.76. The number of carbonyl (C=O) groups excluding carboxylic acids is 1. The molecule has 0 aromatic carbocycles. The van der Waals surface area contributed by atoms with Crippen molar-refractivity contribution in [1.29, 1.82) is 0 Å². The van der Waals surface area contributed by atoms with E-state index in [1.165, 1.54) is 37.0 Å². The maximum atomic E-state index is 11.5. The highest BCUT2D eigenvalue weighted by Gasteiger charge is 2.06. The predicted octanol–water partition coefficient (Wildman–Crippen LogP) is 4.82. The van der Waals surface area contributed by atoms with Gasteiger partial charge in [0.1, 0.15) is 4.88 Å². The second-order valence-corrected chi connectivity index (χ2v) is 5.26. The van der Waals surface area contributed by atoms with E-state index in [-0.39, 0.29) is 5.97 Å². The first-order valence-corrected chi connectivity index (χ1v) is 7.54. The van der Waals surface area contributed by atoms with Gasteiger partial charge in [0.2, 0.25) is 0 Å². The molecule has 0 spiro atoms. The lowest BCUT2D eigenvalue weighted by Crippen LogP contribution is -2.04. The van der Waals surface area contributed by atoms with Crippen LogP contribution in [0, 0.1) is 0 Å². The first-order valence-electron chi connectivity index (χ1n) is 6.66. The van der Waals surface area contributed by atoms with Crippen LogP contribution in [0.4, 0.5) is 0 Å². The molecule has 0 saturated carbocycles. The van der Waals surface area contributed by atoms with E-state index in [0.717, 1.165) is 19.3 Å². The van der Waals surface area contributed by atoms with Gasteiger partial charge in [-0.15, -0.1) is 17.9 Å². The number of allylic oxidation sites excluding steroid dienone is 1. The summed E-state index contributed by atoms with van der Waals surface area (Å²) in [6, 6.07) is 3.66. The summed E-state index contributed by atoms with van der Waals surface area (Å²) in [5.74, 6) is -0.184. The lowest BCUT2D eigenvalue weighted by Gasteiger charge is -2.03.